The van der Waals surface area contributed by atoms with Gasteiger partial charge in [-0.2, -0.15) is 0 Å². The Labute approximate surface area is 212 Å². The number of nitrogens with zero attached hydrogens (tertiary/aromatic N) is 3. The molecule has 0 spiro atoms. The maximum absolute atomic E-state index is 12.9. The SMILES string of the molecule is CCOC(=O)c1c(NC(=O)CSc2nnc(-c3csc(C)c3)n2C(C)C)sc2c1CCCCC2. The van der Waals surface area contributed by atoms with E-state index in [1.165, 1.54) is 32.9 Å². The van der Waals surface area contributed by atoms with E-state index < -0.39 is 0 Å². The molecule has 3 aromatic heterocycles. The van der Waals surface area contributed by atoms with Crippen LogP contribution in [0, 0.1) is 6.92 Å². The van der Waals surface area contributed by atoms with Crippen molar-refractivity contribution in [2.45, 2.75) is 71.0 Å². The second-order valence-corrected chi connectivity index (χ2v) is 11.7. The number of thioether (sulfide) groups is 1. The van der Waals surface area contributed by atoms with Crippen LogP contribution in [0.3, 0.4) is 0 Å². The first kappa shape index (κ1) is 24.9. The van der Waals surface area contributed by atoms with Crippen LogP contribution in [0.5, 0.6) is 0 Å². The van der Waals surface area contributed by atoms with Gasteiger partial charge in [0.25, 0.3) is 0 Å². The third-order valence-electron chi connectivity index (χ3n) is 5.66. The second-order valence-electron chi connectivity index (χ2n) is 8.54. The van der Waals surface area contributed by atoms with E-state index in [0.29, 0.717) is 22.3 Å². The van der Waals surface area contributed by atoms with Gasteiger partial charge in [0.15, 0.2) is 11.0 Å². The van der Waals surface area contributed by atoms with E-state index in [0.717, 1.165) is 49.1 Å². The van der Waals surface area contributed by atoms with E-state index in [1.54, 1.807) is 18.3 Å². The van der Waals surface area contributed by atoms with Gasteiger partial charge in [-0.3, -0.25) is 9.36 Å². The lowest BCUT2D eigenvalue weighted by molar-refractivity contribution is -0.113. The average molecular weight is 519 g/mol. The quantitative estimate of drug-likeness (QED) is 0.219. The van der Waals surface area contributed by atoms with Gasteiger partial charge in [0, 0.05) is 26.7 Å². The zero-order valence-electron chi connectivity index (χ0n) is 20.0. The summed E-state index contributed by atoms with van der Waals surface area (Å²) in [5, 5.41) is 15.1. The highest BCUT2D eigenvalue weighted by Gasteiger charge is 2.27. The summed E-state index contributed by atoms with van der Waals surface area (Å²) in [7, 11) is 0. The van der Waals surface area contributed by atoms with E-state index in [2.05, 4.69) is 52.3 Å². The van der Waals surface area contributed by atoms with E-state index in [1.807, 2.05) is 0 Å². The van der Waals surface area contributed by atoms with E-state index >= 15 is 0 Å². The van der Waals surface area contributed by atoms with Crippen molar-refractivity contribution >= 4 is 51.3 Å². The minimum absolute atomic E-state index is 0.152. The molecule has 0 saturated heterocycles. The Balaban J connectivity index is 1.51. The summed E-state index contributed by atoms with van der Waals surface area (Å²) in [6.45, 7) is 8.35. The summed E-state index contributed by atoms with van der Waals surface area (Å²) in [4.78, 5) is 28.1. The van der Waals surface area contributed by atoms with Crippen LogP contribution in [0.2, 0.25) is 0 Å². The van der Waals surface area contributed by atoms with Crippen molar-refractivity contribution in [3.05, 3.63) is 32.3 Å². The first-order valence-corrected chi connectivity index (χ1v) is 14.3. The summed E-state index contributed by atoms with van der Waals surface area (Å²) in [6, 6.07) is 2.26. The number of hydrogen-bond donors (Lipinski definition) is 1. The number of carbonyl (C=O) groups excluding carboxylic acids is 2. The van der Waals surface area contributed by atoms with Crippen LogP contribution in [-0.4, -0.2) is 39.0 Å². The van der Waals surface area contributed by atoms with Gasteiger partial charge < -0.3 is 10.1 Å². The molecule has 3 aromatic rings. The first-order valence-electron chi connectivity index (χ1n) is 11.6. The largest absolute Gasteiger partial charge is 0.462 e. The number of amides is 1. The monoisotopic (exact) mass is 518 g/mol. The lowest BCUT2D eigenvalue weighted by Crippen LogP contribution is -2.17. The number of hydrogen-bond acceptors (Lipinski definition) is 8. The van der Waals surface area contributed by atoms with E-state index in [9.17, 15) is 9.59 Å². The summed E-state index contributed by atoms with van der Waals surface area (Å²) in [6.07, 6.45) is 5.11. The van der Waals surface area contributed by atoms with Gasteiger partial charge >= 0.3 is 5.97 Å². The maximum Gasteiger partial charge on any atom is 0.341 e. The minimum Gasteiger partial charge on any atom is -0.462 e. The van der Waals surface area contributed by atoms with Gasteiger partial charge in [0.05, 0.1) is 17.9 Å². The van der Waals surface area contributed by atoms with Crippen LogP contribution in [0.15, 0.2) is 16.6 Å². The van der Waals surface area contributed by atoms with Gasteiger partial charge in [-0.1, -0.05) is 18.2 Å². The number of carbonyl (C=O) groups is 2. The minimum atomic E-state index is -0.347. The summed E-state index contributed by atoms with van der Waals surface area (Å²) < 4.78 is 7.39. The Kier molecular flexibility index (Phi) is 8.10. The molecule has 0 aliphatic heterocycles. The fourth-order valence-corrected chi connectivity index (χ4v) is 6.98. The standard InChI is InChI=1S/C24H30N4O3S3/c1-5-31-23(30)20-17-9-7-6-8-10-18(17)34-22(20)25-19(29)13-33-24-27-26-21(28(24)14(2)3)16-11-15(4)32-12-16/h11-12,14H,5-10,13H2,1-4H3,(H,25,29). The molecule has 1 aliphatic rings. The zero-order chi connectivity index (χ0) is 24.2. The lowest BCUT2D eigenvalue weighted by Gasteiger charge is -2.13. The van der Waals surface area contributed by atoms with Crippen LogP contribution in [-0.2, 0) is 22.4 Å². The van der Waals surface area contributed by atoms with Gasteiger partial charge in [0.2, 0.25) is 5.91 Å². The predicted octanol–water partition coefficient (Wildman–Crippen LogP) is 6.13. The highest BCUT2D eigenvalue weighted by Crippen LogP contribution is 2.38. The second kappa shape index (κ2) is 11.0. The zero-order valence-corrected chi connectivity index (χ0v) is 22.4. The fourth-order valence-electron chi connectivity index (χ4n) is 4.14. The summed E-state index contributed by atoms with van der Waals surface area (Å²) >= 11 is 4.55. The van der Waals surface area contributed by atoms with Crippen molar-refractivity contribution in [1.82, 2.24) is 14.8 Å². The smallest absolute Gasteiger partial charge is 0.341 e. The summed E-state index contributed by atoms with van der Waals surface area (Å²) in [5.41, 5.74) is 2.64. The van der Waals surface area contributed by atoms with Crippen LogP contribution >= 0.6 is 34.4 Å². The van der Waals surface area contributed by atoms with Gasteiger partial charge in [0.1, 0.15) is 5.00 Å². The summed E-state index contributed by atoms with van der Waals surface area (Å²) in [5.74, 6) is 0.477. The molecule has 0 aromatic carbocycles. The normalized spacial score (nSPS) is 13.6. The number of anilines is 1. The van der Waals surface area contributed by atoms with Crippen molar-refractivity contribution < 1.29 is 14.3 Å². The highest BCUT2D eigenvalue weighted by molar-refractivity contribution is 7.99. The van der Waals surface area contributed by atoms with E-state index in [-0.39, 0.29) is 23.7 Å². The number of ether oxygens (including phenoxy) is 1. The Morgan fingerprint density at radius 1 is 1.24 bits per heavy atom. The van der Waals surface area contributed by atoms with Crippen LogP contribution in [0.25, 0.3) is 11.4 Å². The lowest BCUT2D eigenvalue weighted by atomic mass is 10.1. The molecule has 182 valence electrons. The molecule has 34 heavy (non-hydrogen) atoms. The number of aromatic nitrogens is 3. The van der Waals surface area contributed by atoms with Crippen LogP contribution in [0.4, 0.5) is 5.00 Å². The molecule has 1 N–H and O–H groups in total. The number of nitrogens with one attached hydrogen (secondary N) is 1. The molecule has 0 unspecified atom stereocenters. The average Bonchev–Trinajstić information content (AvgIpc) is 3.45. The van der Waals surface area contributed by atoms with Crippen molar-refractivity contribution in [3.63, 3.8) is 0 Å². The number of thiophene rings is 2. The van der Waals surface area contributed by atoms with Crippen LogP contribution in [0.1, 0.15) is 71.8 Å². The molecule has 0 bridgehead atoms. The molecule has 4 rings (SSSR count). The molecule has 7 nitrogen and oxygen atoms in total. The molecular formula is C24H30N4O3S3. The molecule has 0 atom stereocenters. The van der Waals surface area contributed by atoms with Crippen molar-refractivity contribution in [2.75, 3.05) is 17.7 Å². The molecule has 0 fully saturated rings. The molecule has 0 radical (unpaired) electrons. The maximum atomic E-state index is 12.9. The Morgan fingerprint density at radius 3 is 2.74 bits per heavy atom. The number of esters is 1. The number of aryl methyl sites for hydroxylation is 2. The van der Waals surface area contributed by atoms with Crippen LogP contribution < -0.4 is 5.32 Å². The number of fused-ring (bicyclic) bond motifs is 1. The van der Waals surface area contributed by atoms with Gasteiger partial charge in [-0.15, -0.1) is 32.9 Å². The van der Waals surface area contributed by atoms with Crippen molar-refractivity contribution in [2.24, 2.45) is 0 Å². The topological polar surface area (TPSA) is 86.1 Å². The third-order valence-corrected chi connectivity index (χ3v) is 8.67. The molecular weight excluding hydrogens is 488 g/mol. The highest BCUT2D eigenvalue weighted by atomic mass is 32.2. The molecule has 1 amide bonds. The molecule has 1 aliphatic carbocycles. The Morgan fingerprint density at radius 2 is 2.03 bits per heavy atom. The predicted molar refractivity (Wildman–Crippen MR) is 139 cm³/mol. The van der Waals surface area contributed by atoms with E-state index in [4.69, 9.17) is 4.74 Å². The molecule has 10 heteroatoms. The Hall–Kier alpha value is -2.17. The Bertz CT molecular complexity index is 1180. The van der Waals surface area contributed by atoms with Crippen molar-refractivity contribution in [3.8, 4) is 11.4 Å². The van der Waals surface area contributed by atoms with Gasteiger partial charge in [-0.05, 0) is 65.0 Å². The van der Waals surface area contributed by atoms with Gasteiger partial charge in [-0.25, -0.2) is 4.79 Å². The van der Waals surface area contributed by atoms with Crippen molar-refractivity contribution in [1.29, 1.82) is 0 Å². The fraction of sp³-hybridized carbons (Fsp3) is 0.500. The molecule has 3 heterocycles. The number of rotatable bonds is 8. The third kappa shape index (κ3) is 5.39. The first-order chi connectivity index (χ1) is 16.4. The molecule has 0 saturated carbocycles.